The van der Waals surface area contributed by atoms with Gasteiger partial charge in [-0.1, -0.05) is 18.2 Å². The Morgan fingerprint density at radius 1 is 1.26 bits per heavy atom. The van der Waals surface area contributed by atoms with Crippen LogP contribution in [0, 0.1) is 0 Å². The number of nitrogens with one attached hydrogen (secondary N) is 1. The van der Waals surface area contributed by atoms with E-state index in [0.29, 0.717) is 5.56 Å². The lowest BCUT2D eigenvalue weighted by Crippen LogP contribution is -2.41. The zero-order valence-electron chi connectivity index (χ0n) is 10.5. The molecule has 0 bridgehead atoms. The van der Waals surface area contributed by atoms with Crippen LogP contribution in [0.15, 0.2) is 30.3 Å². The van der Waals surface area contributed by atoms with Crippen molar-refractivity contribution < 1.29 is 24.2 Å². The predicted octanol–water partition coefficient (Wildman–Crippen LogP) is 0.823. The Labute approximate surface area is 110 Å². The molecule has 2 N–H and O–H groups in total. The molecule has 0 fully saturated rings. The Kier molecular flexibility index (Phi) is 5.53. The summed E-state index contributed by atoms with van der Waals surface area (Å²) in [6.45, 7) is 0. The molecule has 19 heavy (non-hydrogen) atoms. The first kappa shape index (κ1) is 14.7. The number of ether oxygens (including phenoxy) is 1. The molecule has 1 amide bonds. The molecule has 0 spiro atoms. The van der Waals surface area contributed by atoms with Crippen LogP contribution in [0.1, 0.15) is 23.2 Å². The molecule has 0 aliphatic heterocycles. The molecule has 1 atom stereocenters. The van der Waals surface area contributed by atoms with Crippen molar-refractivity contribution in [1.29, 1.82) is 0 Å². The summed E-state index contributed by atoms with van der Waals surface area (Å²) >= 11 is 0. The normalized spacial score (nSPS) is 11.4. The highest BCUT2D eigenvalue weighted by molar-refractivity contribution is 5.96. The topological polar surface area (TPSA) is 92.7 Å². The van der Waals surface area contributed by atoms with Gasteiger partial charge in [-0.3, -0.25) is 9.59 Å². The molecule has 1 rings (SSSR count). The number of carbonyl (C=O) groups excluding carboxylic acids is 2. The summed E-state index contributed by atoms with van der Waals surface area (Å²) < 4.78 is 4.43. The fraction of sp³-hybridized carbons (Fsp3) is 0.308. The van der Waals surface area contributed by atoms with E-state index >= 15 is 0 Å². The van der Waals surface area contributed by atoms with Crippen LogP contribution in [0.3, 0.4) is 0 Å². The van der Waals surface area contributed by atoms with Crippen LogP contribution in [-0.4, -0.2) is 36.1 Å². The number of benzene rings is 1. The van der Waals surface area contributed by atoms with Gasteiger partial charge < -0.3 is 15.2 Å². The van der Waals surface area contributed by atoms with Gasteiger partial charge in [0.15, 0.2) is 0 Å². The summed E-state index contributed by atoms with van der Waals surface area (Å²) in [5, 5.41) is 11.4. The first-order valence-corrected chi connectivity index (χ1v) is 5.70. The van der Waals surface area contributed by atoms with Gasteiger partial charge in [-0.25, -0.2) is 4.79 Å². The number of esters is 1. The second-order valence-corrected chi connectivity index (χ2v) is 3.85. The van der Waals surface area contributed by atoms with Gasteiger partial charge >= 0.3 is 11.9 Å². The first-order valence-electron chi connectivity index (χ1n) is 5.70. The summed E-state index contributed by atoms with van der Waals surface area (Å²) in [6, 6.07) is 7.15. The van der Waals surface area contributed by atoms with E-state index in [-0.39, 0.29) is 12.8 Å². The van der Waals surface area contributed by atoms with E-state index in [9.17, 15) is 14.4 Å². The Morgan fingerprint density at radius 3 is 2.42 bits per heavy atom. The van der Waals surface area contributed by atoms with E-state index in [1.54, 1.807) is 30.3 Å². The Balaban J connectivity index is 2.61. The SMILES string of the molecule is COC(=O)CC[C@H](NC(=O)c1ccccc1)C(=O)O. The summed E-state index contributed by atoms with van der Waals surface area (Å²) in [5.74, 6) is -2.19. The average molecular weight is 265 g/mol. The molecule has 102 valence electrons. The monoisotopic (exact) mass is 265 g/mol. The van der Waals surface area contributed by atoms with Crippen molar-refractivity contribution in [3.8, 4) is 0 Å². The molecule has 0 aliphatic rings. The number of carboxylic acid groups (broad SMARTS) is 1. The van der Waals surface area contributed by atoms with Crippen LogP contribution in [0.5, 0.6) is 0 Å². The summed E-state index contributed by atoms with van der Waals surface area (Å²) in [7, 11) is 1.22. The first-order chi connectivity index (χ1) is 9.04. The van der Waals surface area contributed by atoms with Gasteiger partial charge in [-0.15, -0.1) is 0 Å². The van der Waals surface area contributed by atoms with Gasteiger partial charge in [0.25, 0.3) is 5.91 Å². The van der Waals surface area contributed by atoms with E-state index < -0.39 is 23.9 Å². The molecular formula is C13H15NO5. The lowest BCUT2D eigenvalue weighted by Gasteiger charge is -2.13. The minimum atomic E-state index is -1.19. The van der Waals surface area contributed by atoms with Crippen LogP contribution in [-0.2, 0) is 14.3 Å². The number of aliphatic carboxylic acids is 1. The minimum absolute atomic E-state index is 0.0133. The van der Waals surface area contributed by atoms with Crippen molar-refractivity contribution >= 4 is 17.8 Å². The highest BCUT2D eigenvalue weighted by atomic mass is 16.5. The molecule has 0 aromatic heterocycles. The summed E-state index contributed by atoms with van der Waals surface area (Å²) in [4.78, 5) is 33.8. The zero-order valence-corrected chi connectivity index (χ0v) is 10.5. The van der Waals surface area contributed by atoms with Crippen molar-refractivity contribution in [2.24, 2.45) is 0 Å². The zero-order chi connectivity index (χ0) is 14.3. The molecule has 6 nitrogen and oxygen atoms in total. The fourth-order valence-electron chi connectivity index (χ4n) is 1.45. The summed E-state index contributed by atoms with van der Waals surface area (Å²) in [6.07, 6.45) is -0.0802. The molecular weight excluding hydrogens is 250 g/mol. The fourth-order valence-corrected chi connectivity index (χ4v) is 1.45. The molecule has 0 saturated heterocycles. The van der Waals surface area contributed by atoms with E-state index in [1.165, 1.54) is 7.11 Å². The molecule has 0 saturated carbocycles. The van der Waals surface area contributed by atoms with Crippen LogP contribution in [0.2, 0.25) is 0 Å². The molecule has 1 aromatic carbocycles. The standard InChI is InChI=1S/C13H15NO5/c1-19-11(15)8-7-10(13(17)18)14-12(16)9-5-3-2-4-6-9/h2-6,10H,7-8H2,1H3,(H,14,16)(H,17,18)/t10-/m0/s1. The molecule has 0 radical (unpaired) electrons. The van der Waals surface area contributed by atoms with Crippen LogP contribution in [0.4, 0.5) is 0 Å². The van der Waals surface area contributed by atoms with Crippen molar-refractivity contribution in [2.75, 3.05) is 7.11 Å². The van der Waals surface area contributed by atoms with Gasteiger partial charge in [-0.05, 0) is 18.6 Å². The maximum absolute atomic E-state index is 11.8. The van der Waals surface area contributed by atoms with Crippen molar-refractivity contribution in [2.45, 2.75) is 18.9 Å². The smallest absolute Gasteiger partial charge is 0.326 e. The van der Waals surface area contributed by atoms with Crippen molar-refractivity contribution in [3.63, 3.8) is 0 Å². The van der Waals surface area contributed by atoms with Gasteiger partial charge in [0.1, 0.15) is 6.04 Å². The van der Waals surface area contributed by atoms with Crippen molar-refractivity contribution in [1.82, 2.24) is 5.32 Å². The average Bonchev–Trinajstić information content (AvgIpc) is 2.43. The van der Waals surface area contributed by atoms with E-state index in [0.717, 1.165) is 0 Å². The lowest BCUT2D eigenvalue weighted by atomic mass is 10.1. The third kappa shape index (κ3) is 4.79. The molecule has 0 aliphatic carbocycles. The third-order valence-corrected chi connectivity index (χ3v) is 2.50. The molecule has 0 heterocycles. The third-order valence-electron chi connectivity index (χ3n) is 2.50. The number of rotatable bonds is 6. The van der Waals surface area contributed by atoms with Crippen LogP contribution < -0.4 is 5.32 Å². The number of methoxy groups -OCH3 is 1. The second kappa shape index (κ2) is 7.15. The Morgan fingerprint density at radius 2 is 1.89 bits per heavy atom. The largest absolute Gasteiger partial charge is 0.480 e. The van der Waals surface area contributed by atoms with E-state index in [4.69, 9.17) is 5.11 Å². The number of carboxylic acids is 1. The highest BCUT2D eigenvalue weighted by Crippen LogP contribution is 2.03. The maximum atomic E-state index is 11.8. The minimum Gasteiger partial charge on any atom is -0.480 e. The molecule has 1 aromatic rings. The van der Waals surface area contributed by atoms with Crippen LogP contribution >= 0.6 is 0 Å². The second-order valence-electron chi connectivity index (χ2n) is 3.85. The number of hydrogen-bond donors (Lipinski definition) is 2. The Hall–Kier alpha value is -2.37. The van der Waals surface area contributed by atoms with Gasteiger partial charge in [0.05, 0.1) is 7.11 Å². The van der Waals surface area contributed by atoms with Gasteiger partial charge in [-0.2, -0.15) is 0 Å². The van der Waals surface area contributed by atoms with Gasteiger partial charge in [0.2, 0.25) is 0 Å². The number of carbonyl (C=O) groups is 3. The molecule has 6 heteroatoms. The van der Waals surface area contributed by atoms with E-state index in [2.05, 4.69) is 10.1 Å². The van der Waals surface area contributed by atoms with E-state index in [1.807, 2.05) is 0 Å². The predicted molar refractivity (Wildman–Crippen MR) is 66.6 cm³/mol. The van der Waals surface area contributed by atoms with Gasteiger partial charge in [0, 0.05) is 12.0 Å². The number of hydrogen-bond acceptors (Lipinski definition) is 4. The van der Waals surface area contributed by atoms with Crippen molar-refractivity contribution in [3.05, 3.63) is 35.9 Å². The quantitative estimate of drug-likeness (QED) is 0.743. The maximum Gasteiger partial charge on any atom is 0.326 e. The Bertz CT molecular complexity index is 457. The molecule has 0 unspecified atom stereocenters. The lowest BCUT2D eigenvalue weighted by molar-refractivity contribution is -0.142. The van der Waals surface area contributed by atoms with Crippen LogP contribution in [0.25, 0.3) is 0 Å². The summed E-state index contributed by atoms with van der Waals surface area (Å²) in [5.41, 5.74) is 0.367. The number of amides is 1. The highest BCUT2D eigenvalue weighted by Gasteiger charge is 2.21.